The van der Waals surface area contributed by atoms with Gasteiger partial charge in [-0.05, 0) is 31.0 Å². The molecule has 3 rings (SSSR count). The van der Waals surface area contributed by atoms with Crippen LogP contribution in [0.15, 0.2) is 48.5 Å². The van der Waals surface area contributed by atoms with Gasteiger partial charge in [-0.25, -0.2) is 0 Å². The summed E-state index contributed by atoms with van der Waals surface area (Å²) in [5.74, 6) is 0. The zero-order valence-electron chi connectivity index (χ0n) is 12.0. The van der Waals surface area contributed by atoms with Crippen LogP contribution in [0, 0.1) is 17.0 Å². The monoisotopic (exact) mass is 280 g/mol. The van der Waals surface area contributed by atoms with Gasteiger partial charge in [0, 0.05) is 29.6 Å². The molecule has 0 amide bonds. The first-order chi connectivity index (χ1) is 10.1. The van der Waals surface area contributed by atoms with Crippen LogP contribution in [0.3, 0.4) is 0 Å². The van der Waals surface area contributed by atoms with Crippen molar-refractivity contribution in [2.45, 2.75) is 20.4 Å². The topological polar surface area (TPSA) is 48.1 Å². The number of non-ortho nitro benzene ring substituents is 1. The zero-order chi connectivity index (χ0) is 15.0. The van der Waals surface area contributed by atoms with Crippen LogP contribution in [0.5, 0.6) is 0 Å². The molecule has 4 heteroatoms. The number of fused-ring (bicyclic) bond motifs is 1. The van der Waals surface area contributed by atoms with E-state index in [2.05, 4.69) is 23.6 Å². The number of aryl methyl sites for hydroxylation is 2. The fourth-order valence-corrected chi connectivity index (χ4v) is 2.92. The van der Waals surface area contributed by atoms with Gasteiger partial charge in [-0.15, -0.1) is 0 Å². The summed E-state index contributed by atoms with van der Waals surface area (Å²) in [5, 5.41) is 11.9. The van der Waals surface area contributed by atoms with E-state index in [4.69, 9.17) is 0 Å². The predicted octanol–water partition coefficient (Wildman–Crippen LogP) is 4.54. The second kappa shape index (κ2) is 5.05. The molecular formula is C17H16N2O2. The van der Waals surface area contributed by atoms with E-state index in [-0.39, 0.29) is 10.6 Å². The van der Waals surface area contributed by atoms with Crippen molar-refractivity contribution >= 4 is 16.6 Å². The molecule has 4 nitrogen and oxygen atoms in total. The first kappa shape index (κ1) is 13.4. The first-order valence-electron chi connectivity index (χ1n) is 6.96. The molecule has 0 saturated heterocycles. The van der Waals surface area contributed by atoms with Crippen molar-refractivity contribution in [2.75, 3.05) is 0 Å². The van der Waals surface area contributed by atoms with Crippen LogP contribution in [-0.2, 0) is 6.54 Å². The van der Waals surface area contributed by atoms with Crippen molar-refractivity contribution in [2.24, 2.45) is 0 Å². The van der Waals surface area contributed by atoms with E-state index in [1.54, 1.807) is 12.1 Å². The van der Waals surface area contributed by atoms with Crippen LogP contribution in [0.4, 0.5) is 5.69 Å². The number of nitro benzene ring substituents is 1. The Bertz CT molecular complexity index is 820. The first-order valence-corrected chi connectivity index (χ1v) is 6.96. The molecule has 0 bridgehead atoms. The van der Waals surface area contributed by atoms with Crippen LogP contribution in [0.1, 0.15) is 12.5 Å². The maximum absolute atomic E-state index is 11.0. The van der Waals surface area contributed by atoms with Crippen LogP contribution < -0.4 is 0 Å². The van der Waals surface area contributed by atoms with Crippen molar-refractivity contribution in [1.82, 2.24) is 4.57 Å². The smallest absolute Gasteiger partial charge is 0.270 e. The molecule has 0 spiro atoms. The molecule has 0 unspecified atom stereocenters. The number of aromatic nitrogens is 1. The molecule has 21 heavy (non-hydrogen) atoms. The summed E-state index contributed by atoms with van der Waals surface area (Å²) < 4.78 is 2.21. The maximum Gasteiger partial charge on any atom is 0.270 e. The molecule has 0 aliphatic heterocycles. The van der Waals surface area contributed by atoms with E-state index in [0.717, 1.165) is 34.3 Å². The molecule has 0 aliphatic carbocycles. The second-order valence-corrected chi connectivity index (χ2v) is 5.04. The van der Waals surface area contributed by atoms with E-state index in [1.165, 1.54) is 0 Å². The third kappa shape index (κ3) is 2.09. The van der Waals surface area contributed by atoms with Gasteiger partial charge in [-0.2, -0.15) is 0 Å². The number of nitrogens with zero attached hydrogens (tertiary/aromatic N) is 2. The highest BCUT2D eigenvalue weighted by molar-refractivity contribution is 5.93. The van der Waals surface area contributed by atoms with E-state index in [9.17, 15) is 10.1 Å². The van der Waals surface area contributed by atoms with E-state index in [0.29, 0.717) is 0 Å². The number of rotatable bonds is 3. The molecule has 2 aromatic carbocycles. The molecule has 1 heterocycles. The molecular weight excluding hydrogens is 264 g/mol. The molecule has 0 radical (unpaired) electrons. The standard InChI is InChI=1S/C17H16N2O2/c1-3-18-16-10-9-14(19(20)21)11-15(16)12(2)17(18)13-7-5-4-6-8-13/h4-11H,3H2,1-2H3. The Hall–Kier alpha value is -2.62. The van der Waals surface area contributed by atoms with Gasteiger partial charge in [0.05, 0.1) is 10.6 Å². The molecule has 1 aromatic heterocycles. The summed E-state index contributed by atoms with van der Waals surface area (Å²) in [6.45, 7) is 4.94. The molecule has 106 valence electrons. The Balaban J connectivity index is 2.35. The highest BCUT2D eigenvalue weighted by Crippen LogP contribution is 2.34. The summed E-state index contributed by atoms with van der Waals surface area (Å²) in [4.78, 5) is 10.6. The minimum Gasteiger partial charge on any atom is -0.341 e. The fourth-order valence-electron chi connectivity index (χ4n) is 2.92. The van der Waals surface area contributed by atoms with Gasteiger partial charge in [0.25, 0.3) is 5.69 Å². The van der Waals surface area contributed by atoms with Gasteiger partial charge in [-0.1, -0.05) is 30.3 Å². The lowest BCUT2D eigenvalue weighted by Gasteiger charge is -2.09. The molecule has 0 N–H and O–H groups in total. The lowest BCUT2D eigenvalue weighted by Crippen LogP contribution is -1.97. The number of hydrogen-bond acceptors (Lipinski definition) is 2. The fraction of sp³-hybridized carbons (Fsp3) is 0.176. The van der Waals surface area contributed by atoms with Crippen molar-refractivity contribution < 1.29 is 4.92 Å². The largest absolute Gasteiger partial charge is 0.341 e. The van der Waals surface area contributed by atoms with Crippen molar-refractivity contribution in [3.05, 3.63) is 64.2 Å². The van der Waals surface area contributed by atoms with Crippen molar-refractivity contribution in [1.29, 1.82) is 0 Å². The Morgan fingerprint density at radius 1 is 1.14 bits per heavy atom. The lowest BCUT2D eigenvalue weighted by atomic mass is 10.1. The summed E-state index contributed by atoms with van der Waals surface area (Å²) in [6.07, 6.45) is 0. The number of nitro groups is 1. The lowest BCUT2D eigenvalue weighted by molar-refractivity contribution is -0.384. The average Bonchev–Trinajstić information content (AvgIpc) is 2.80. The van der Waals surface area contributed by atoms with Gasteiger partial charge in [0.1, 0.15) is 0 Å². The van der Waals surface area contributed by atoms with E-state index >= 15 is 0 Å². The van der Waals surface area contributed by atoms with E-state index in [1.807, 2.05) is 31.2 Å². The summed E-state index contributed by atoms with van der Waals surface area (Å²) in [7, 11) is 0. The molecule has 3 aromatic rings. The second-order valence-electron chi connectivity index (χ2n) is 5.04. The Morgan fingerprint density at radius 2 is 1.86 bits per heavy atom. The number of benzene rings is 2. The van der Waals surface area contributed by atoms with Gasteiger partial charge in [-0.3, -0.25) is 10.1 Å². The SMILES string of the molecule is CCn1c(-c2ccccc2)c(C)c2cc([N+](=O)[O-])ccc21. The van der Waals surface area contributed by atoms with Crippen LogP contribution >= 0.6 is 0 Å². The Labute approximate surface area is 122 Å². The Kier molecular flexibility index (Phi) is 3.22. The van der Waals surface area contributed by atoms with Gasteiger partial charge < -0.3 is 4.57 Å². The van der Waals surface area contributed by atoms with Crippen molar-refractivity contribution in [3.63, 3.8) is 0 Å². The van der Waals surface area contributed by atoms with E-state index < -0.39 is 0 Å². The summed E-state index contributed by atoms with van der Waals surface area (Å²) in [5.41, 5.74) is 4.53. The highest BCUT2D eigenvalue weighted by Gasteiger charge is 2.17. The van der Waals surface area contributed by atoms with Gasteiger partial charge >= 0.3 is 0 Å². The average molecular weight is 280 g/mol. The molecule has 0 aliphatic rings. The number of hydrogen-bond donors (Lipinski definition) is 0. The quantitative estimate of drug-likeness (QED) is 0.522. The normalized spacial score (nSPS) is 11.0. The Morgan fingerprint density at radius 3 is 2.48 bits per heavy atom. The van der Waals surface area contributed by atoms with Gasteiger partial charge in [0.15, 0.2) is 0 Å². The minimum absolute atomic E-state index is 0.137. The highest BCUT2D eigenvalue weighted by atomic mass is 16.6. The predicted molar refractivity (Wildman–Crippen MR) is 84.4 cm³/mol. The maximum atomic E-state index is 11.0. The molecule has 0 atom stereocenters. The molecule has 0 fully saturated rings. The van der Waals surface area contributed by atoms with Crippen LogP contribution in [0.25, 0.3) is 22.2 Å². The summed E-state index contributed by atoms with van der Waals surface area (Å²) >= 11 is 0. The third-order valence-electron chi connectivity index (χ3n) is 3.87. The molecule has 0 saturated carbocycles. The van der Waals surface area contributed by atoms with Crippen LogP contribution in [-0.4, -0.2) is 9.49 Å². The third-order valence-corrected chi connectivity index (χ3v) is 3.87. The minimum atomic E-state index is -0.343. The van der Waals surface area contributed by atoms with Gasteiger partial charge in [0.2, 0.25) is 0 Å². The zero-order valence-corrected chi connectivity index (χ0v) is 12.0. The van der Waals surface area contributed by atoms with Crippen molar-refractivity contribution in [3.8, 4) is 11.3 Å². The van der Waals surface area contributed by atoms with Crippen LogP contribution in [0.2, 0.25) is 0 Å². The summed E-state index contributed by atoms with van der Waals surface area (Å²) in [6, 6.07) is 15.2.